The summed E-state index contributed by atoms with van der Waals surface area (Å²) in [7, 11) is 0.951. The summed E-state index contributed by atoms with van der Waals surface area (Å²) in [6, 6.07) is 28.0. The second-order valence-corrected chi connectivity index (χ2v) is 11.6. The van der Waals surface area contributed by atoms with E-state index in [2.05, 4.69) is 4.74 Å². The molecule has 0 N–H and O–H groups in total. The number of hydrogen-bond acceptors (Lipinski definition) is 5. The molecule has 0 saturated carbocycles. The molecule has 0 heterocycles. The molecule has 0 amide bonds. The zero-order chi connectivity index (χ0) is 29.2. The van der Waals surface area contributed by atoms with Crippen molar-refractivity contribution in [2.45, 2.75) is 20.0 Å². The van der Waals surface area contributed by atoms with Crippen LogP contribution >= 0.6 is 6.89 Å². The quantitative estimate of drug-likeness (QED) is 0.109. The van der Waals surface area contributed by atoms with Gasteiger partial charge in [-0.3, -0.25) is 0 Å². The molecule has 0 fully saturated rings. The highest BCUT2D eigenvalue weighted by Gasteiger charge is 2.42. The Kier molecular flexibility index (Phi) is 10.6. The fraction of sp³-hybridized carbons (Fsp3) is 0.194. The van der Waals surface area contributed by atoms with Crippen LogP contribution in [0.3, 0.4) is 0 Å². The summed E-state index contributed by atoms with van der Waals surface area (Å²) in [4.78, 5) is 25.3. The van der Waals surface area contributed by atoms with E-state index in [1.54, 1.807) is 12.7 Å². The summed E-state index contributed by atoms with van der Waals surface area (Å²) in [6.07, 6.45) is -4.87. The lowest BCUT2D eigenvalue weighted by molar-refractivity contribution is -0.140. The Morgan fingerprint density at radius 3 is 1.52 bits per heavy atom. The zero-order valence-corrected chi connectivity index (χ0v) is 23.2. The monoisotopic (exact) mass is 570 g/mol. The second kappa shape index (κ2) is 13.9. The number of ether oxygens (including phenoxy) is 3. The van der Waals surface area contributed by atoms with Crippen LogP contribution in [0.5, 0.6) is 0 Å². The highest BCUT2D eigenvalue weighted by Crippen LogP contribution is 2.45. The van der Waals surface area contributed by atoms with Crippen molar-refractivity contribution < 1.29 is 37.0 Å². The molecule has 3 aromatic rings. The summed E-state index contributed by atoms with van der Waals surface area (Å²) in [5, 5.41) is 2.45. The maximum atomic E-state index is 14.5. The first-order valence-electron chi connectivity index (χ1n) is 12.5. The minimum atomic E-state index is -5.11. The van der Waals surface area contributed by atoms with Crippen LogP contribution in [0.2, 0.25) is 0 Å². The number of benzene rings is 3. The zero-order valence-electron chi connectivity index (χ0n) is 22.4. The first kappa shape index (κ1) is 30.5. The number of hydrogen-bond donors (Lipinski definition) is 0. The largest absolute Gasteiger partial charge is 0.493 e. The Labute approximate surface area is 231 Å². The Morgan fingerprint density at radius 2 is 1.18 bits per heavy atom. The molecule has 0 atom stereocenters. The van der Waals surface area contributed by atoms with E-state index in [4.69, 9.17) is 9.47 Å². The van der Waals surface area contributed by atoms with Crippen molar-refractivity contribution in [1.82, 2.24) is 0 Å². The van der Waals surface area contributed by atoms with E-state index in [1.165, 1.54) is 6.92 Å². The average Bonchev–Trinajstić information content (AvgIpc) is 2.96. The van der Waals surface area contributed by atoms with E-state index < -0.39 is 36.1 Å². The SMILES string of the molecule is CCOC(=O)C(/C(=C/C(=O)OC)C(F)(F)F)=C(/C=P(c1ccccc1)(c1ccccc1)c1ccccc1)OCC. The second-order valence-electron chi connectivity index (χ2n) is 8.33. The molecule has 0 bridgehead atoms. The number of allylic oxidation sites excluding steroid dienone is 1. The number of esters is 2. The lowest BCUT2D eigenvalue weighted by atomic mass is 10.0. The van der Waals surface area contributed by atoms with Crippen LogP contribution in [-0.2, 0) is 23.8 Å². The van der Waals surface area contributed by atoms with Crippen LogP contribution in [-0.4, -0.2) is 44.2 Å². The van der Waals surface area contributed by atoms with Gasteiger partial charge in [-0.1, -0.05) is 91.0 Å². The van der Waals surface area contributed by atoms with Crippen molar-refractivity contribution in [3.63, 3.8) is 0 Å². The van der Waals surface area contributed by atoms with Gasteiger partial charge in [-0.25, -0.2) is 9.59 Å². The molecular weight excluding hydrogens is 540 g/mol. The molecule has 0 aliphatic carbocycles. The molecule has 0 aliphatic rings. The normalized spacial score (nSPS) is 12.7. The number of alkyl halides is 3. The molecule has 3 aromatic carbocycles. The van der Waals surface area contributed by atoms with E-state index in [0.717, 1.165) is 23.0 Å². The maximum absolute atomic E-state index is 14.5. The predicted octanol–water partition coefficient (Wildman–Crippen LogP) is 5.30. The van der Waals surface area contributed by atoms with Gasteiger partial charge >= 0.3 is 18.1 Å². The lowest BCUT2D eigenvalue weighted by Gasteiger charge is -2.30. The van der Waals surface area contributed by atoms with E-state index in [9.17, 15) is 22.8 Å². The molecule has 0 aromatic heterocycles. The van der Waals surface area contributed by atoms with Crippen LogP contribution in [0.4, 0.5) is 13.2 Å². The summed E-state index contributed by atoms with van der Waals surface area (Å²) < 4.78 is 58.9. The van der Waals surface area contributed by atoms with Gasteiger partial charge < -0.3 is 14.2 Å². The van der Waals surface area contributed by atoms with Gasteiger partial charge in [0.15, 0.2) is 0 Å². The molecule has 0 unspecified atom stereocenters. The molecular formula is C31H30F3O5P. The van der Waals surface area contributed by atoms with Gasteiger partial charge in [-0.15, -0.1) is 0 Å². The summed E-state index contributed by atoms with van der Waals surface area (Å²) in [5.74, 6) is -1.31. The fourth-order valence-electron chi connectivity index (χ4n) is 4.18. The number of methoxy groups -OCH3 is 1. The highest BCUT2D eigenvalue weighted by atomic mass is 31.2. The minimum absolute atomic E-state index is 0.0591. The molecule has 3 rings (SSSR count). The van der Waals surface area contributed by atoms with Crippen molar-refractivity contribution in [3.05, 3.63) is 114 Å². The smallest absolute Gasteiger partial charge is 0.417 e. The highest BCUT2D eigenvalue weighted by molar-refractivity contribution is 7.94. The Bertz CT molecular complexity index is 1310. The number of carbonyl (C=O) groups is 2. The molecule has 40 heavy (non-hydrogen) atoms. The van der Waals surface area contributed by atoms with E-state index in [1.807, 2.05) is 91.0 Å². The van der Waals surface area contributed by atoms with Crippen LogP contribution in [0.15, 0.2) is 114 Å². The topological polar surface area (TPSA) is 61.8 Å². The van der Waals surface area contributed by atoms with Gasteiger partial charge in [0, 0.05) is 6.08 Å². The lowest BCUT2D eigenvalue weighted by Crippen LogP contribution is -2.29. The Hall–Kier alpha value is -4.03. The van der Waals surface area contributed by atoms with Crippen LogP contribution in [0, 0.1) is 0 Å². The van der Waals surface area contributed by atoms with Gasteiger partial charge in [-0.05, 0) is 42.4 Å². The standard InChI is InChI=1S/C31H30F3O5P/c1-4-38-27(29(30(36)39-5-2)26(31(32,33)34)21-28(35)37-3)22-40(23-15-9-6-10-16-23,24-17-11-7-12-18-24)25-19-13-8-14-20-25/h6-22H,4-5H2,1-3H3/b26-21-,29-27-. The number of carbonyl (C=O) groups excluding carboxylic acids is 2. The first-order valence-corrected chi connectivity index (χ1v) is 14.4. The number of halogens is 3. The van der Waals surface area contributed by atoms with Gasteiger partial charge in [0.2, 0.25) is 0 Å². The molecule has 9 heteroatoms. The van der Waals surface area contributed by atoms with Crippen LogP contribution in [0.1, 0.15) is 13.8 Å². The van der Waals surface area contributed by atoms with Crippen molar-refractivity contribution in [3.8, 4) is 0 Å². The fourth-order valence-corrected chi connectivity index (χ4v) is 8.01. The molecule has 0 spiro atoms. The first-order chi connectivity index (χ1) is 19.2. The third-order valence-corrected chi connectivity index (χ3v) is 9.83. The van der Waals surface area contributed by atoms with Crippen molar-refractivity contribution >= 4 is 40.5 Å². The Morgan fingerprint density at radius 1 is 0.750 bits per heavy atom. The Balaban J connectivity index is 2.64. The molecule has 210 valence electrons. The maximum Gasteiger partial charge on any atom is 0.417 e. The van der Waals surface area contributed by atoms with Crippen molar-refractivity contribution in [2.24, 2.45) is 0 Å². The van der Waals surface area contributed by atoms with Gasteiger partial charge in [0.25, 0.3) is 0 Å². The third-order valence-electron chi connectivity index (χ3n) is 5.87. The van der Waals surface area contributed by atoms with Gasteiger partial charge in [-0.2, -0.15) is 13.2 Å². The average molecular weight is 571 g/mol. The predicted molar refractivity (Wildman–Crippen MR) is 153 cm³/mol. The van der Waals surface area contributed by atoms with Gasteiger partial charge in [0.05, 0.1) is 25.9 Å². The van der Waals surface area contributed by atoms with E-state index in [0.29, 0.717) is 0 Å². The van der Waals surface area contributed by atoms with E-state index in [-0.39, 0.29) is 25.0 Å². The van der Waals surface area contributed by atoms with Crippen LogP contribution in [0.25, 0.3) is 0 Å². The summed E-state index contributed by atoms with van der Waals surface area (Å²) in [6.45, 7) is -0.0862. The molecule has 0 aliphatic heterocycles. The van der Waals surface area contributed by atoms with Crippen molar-refractivity contribution in [2.75, 3.05) is 20.3 Å². The molecule has 0 radical (unpaired) electrons. The summed E-state index contributed by atoms with van der Waals surface area (Å²) >= 11 is 0. The number of rotatable bonds is 10. The minimum Gasteiger partial charge on any atom is -0.493 e. The van der Waals surface area contributed by atoms with Crippen LogP contribution < -0.4 is 15.9 Å². The molecule has 0 saturated heterocycles. The van der Waals surface area contributed by atoms with E-state index >= 15 is 0 Å². The van der Waals surface area contributed by atoms with Gasteiger partial charge in [0.1, 0.15) is 11.3 Å². The van der Waals surface area contributed by atoms with Crippen molar-refractivity contribution in [1.29, 1.82) is 0 Å². The summed E-state index contributed by atoms with van der Waals surface area (Å²) in [5.41, 5.74) is -2.43. The third kappa shape index (κ3) is 6.93. The molecule has 5 nitrogen and oxygen atoms in total.